The van der Waals surface area contributed by atoms with Gasteiger partial charge >= 0.3 is 5.97 Å². The first kappa shape index (κ1) is 17.5. The molecule has 140 valence electrons. The lowest BCUT2D eigenvalue weighted by molar-refractivity contribution is -0.136. The van der Waals surface area contributed by atoms with E-state index in [4.69, 9.17) is 0 Å². The highest BCUT2D eigenvalue weighted by atomic mass is 19.2. The van der Waals surface area contributed by atoms with Gasteiger partial charge in [-0.15, -0.1) is 0 Å². The lowest BCUT2D eigenvalue weighted by atomic mass is 9.74. The molecule has 0 saturated heterocycles. The average molecular weight is 373 g/mol. The first-order chi connectivity index (χ1) is 12.9. The number of esters is 1. The van der Waals surface area contributed by atoms with Crippen LogP contribution in [0, 0.1) is 11.6 Å². The Bertz CT molecular complexity index is 999. The number of hydrogen-bond acceptors (Lipinski definition) is 4. The van der Waals surface area contributed by atoms with Crippen LogP contribution in [0.4, 0.5) is 8.78 Å². The molecule has 1 aliphatic carbocycles. The Labute approximate surface area is 153 Å². The second-order valence-electron chi connectivity index (χ2n) is 6.89. The summed E-state index contributed by atoms with van der Waals surface area (Å²) in [7, 11) is 1.15. The predicted octanol–water partition coefficient (Wildman–Crippen LogP) is 3.88. The molecule has 2 aromatic rings. The zero-order valence-corrected chi connectivity index (χ0v) is 14.6. The average Bonchev–Trinajstić information content (AvgIpc) is 3.30. The largest absolute Gasteiger partial charge is 0.510 e. The maximum absolute atomic E-state index is 13.8. The molecule has 1 saturated carbocycles. The highest BCUT2D eigenvalue weighted by Gasteiger charge is 2.51. The number of ether oxygens (including phenoxy) is 1. The Morgan fingerprint density at radius 2 is 1.89 bits per heavy atom. The normalized spacial score (nSPS) is 18.1. The molecule has 0 amide bonds. The molecule has 2 aliphatic rings. The molecule has 1 aromatic heterocycles. The van der Waals surface area contributed by atoms with E-state index < -0.39 is 28.9 Å². The summed E-state index contributed by atoms with van der Waals surface area (Å²) >= 11 is 0. The van der Waals surface area contributed by atoms with Crippen molar-refractivity contribution < 1.29 is 28.2 Å². The monoisotopic (exact) mass is 373 g/mol. The van der Waals surface area contributed by atoms with Gasteiger partial charge in [0.2, 0.25) is 0 Å². The van der Waals surface area contributed by atoms with Gasteiger partial charge in [0.1, 0.15) is 5.76 Å². The van der Waals surface area contributed by atoms with Crippen molar-refractivity contribution in [2.24, 2.45) is 0 Å². The third kappa shape index (κ3) is 2.34. The van der Waals surface area contributed by atoms with E-state index in [1.807, 2.05) is 0 Å². The van der Waals surface area contributed by atoms with Crippen molar-refractivity contribution >= 4 is 11.9 Å². The van der Waals surface area contributed by atoms with Gasteiger partial charge in [-0.2, -0.15) is 0 Å². The summed E-state index contributed by atoms with van der Waals surface area (Å²) < 4.78 is 33.1. The summed E-state index contributed by atoms with van der Waals surface area (Å²) in [5, 5.41) is 10.9. The lowest BCUT2D eigenvalue weighted by Crippen LogP contribution is -2.40. The molecule has 0 bridgehead atoms. The van der Waals surface area contributed by atoms with Crippen molar-refractivity contribution in [3.63, 3.8) is 0 Å². The van der Waals surface area contributed by atoms with E-state index in [1.54, 1.807) is 6.07 Å². The van der Waals surface area contributed by atoms with Crippen LogP contribution in [0.1, 0.15) is 36.2 Å². The van der Waals surface area contributed by atoms with Crippen molar-refractivity contribution in [2.75, 3.05) is 7.11 Å². The minimum atomic E-state index is -0.995. The van der Waals surface area contributed by atoms with E-state index in [2.05, 4.69) is 4.74 Å². The minimum Gasteiger partial charge on any atom is -0.510 e. The second-order valence-corrected chi connectivity index (χ2v) is 6.89. The Kier molecular flexibility index (Phi) is 3.91. The van der Waals surface area contributed by atoms with Crippen molar-refractivity contribution in [1.29, 1.82) is 0 Å². The molecule has 1 spiro atoms. The minimum absolute atomic E-state index is 0.299. The number of aliphatic hydroxyl groups excluding tert-OH is 1. The van der Waals surface area contributed by atoms with E-state index in [-0.39, 0.29) is 11.3 Å². The van der Waals surface area contributed by atoms with Gasteiger partial charge in [-0.05, 0) is 36.6 Å². The highest BCUT2D eigenvalue weighted by molar-refractivity contribution is 6.19. The van der Waals surface area contributed by atoms with Gasteiger partial charge in [0.15, 0.2) is 17.2 Å². The van der Waals surface area contributed by atoms with Gasteiger partial charge in [-0.3, -0.25) is 9.36 Å². The molecule has 27 heavy (non-hydrogen) atoms. The highest BCUT2D eigenvalue weighted by Crippen LogP contribution is 2.52. The third-order valence-corrected chi connectivity index (χ3v) is 5.54. The molecule has 1 aromatic carbocycles. The molecular weight excluding hydrogens is 356 g/mol. The molecule has 0 radical (unpaired) electrons. The first-order valence-electron chi connectivity index (χ1n) is 8.64. The zero-order chi connectivity index (χ0) is 19.3. The first-order valence-corrected chi connectivity index (χ1v) is 8.64. The Hall–Kier alpha value is -2.96. The maximum atomic E-state index is 13.8. The topological polar surface area (TPSA) is 68.5 Å². The van der Waals surface area contributed by atoms with Gasteiger partial charge < -0.3 is 9.84 Å². The van der Waals surface area contributed by atoms with Crippen LogP contribution in [0.25, 0.3) is 11.1 Å². The number of allylic oxidation sites excluding steroid dienone is 1. The Morgan fingerprint density at radius 3 is 2.52 bits per heavy atom. The summed E-state index contributed by atoms with van der Waals surface area (Å²) in [5.74, 6) is -3.84. The predicted molar refractivity (Wildman–Crippen MR) is 92.2 cm³/mol. The van der Waals surface area contributed by atoms with Crippen LogP contribution >= 0.6 is 0 Å². The van der Waals surface area contributed by atoms with E-state index >= 15 is 0 Å². The molecule has 0 unspecified atom stereocenters. The standard InChI is InChI=1S/C20H17F2NO4/c1-27-19(26)15-17(24)20(7-2-3-8-20)16-12(6-9-23(16)18(15)25)11-4-5-13(21)14(22)10-11/h4-6,9-10,24H,2-3,7-8H2,1H3. The summed E-state index contributed by atoms with van der Waals surface area (Å²) in [6, 6.07) is 5.14. The number of carbonyl (C=O) groups excluding carboxylic acids is 2. The number of benzene rings is 1. The van der Waals surface area contributed by atoms with Gasteiger partial charge in [0.05, 0.1) is 12.5 Å². The van der Waals surface area contributed by atoms with Crippen molar-refractivity contribution in [2.45, 2.75) is 31.1 Å². The Morgan fingerprint density at radius 1 is 1.19 bits per heavy atom. The molecule has 2 heterocycles. The van der Waals surface area contributed by atoms with E-state index in [1.165, 1.54) is 16.8 Å². The molecule has 5 nitrogen and oxygen atoms in total. The molecule has 1 N–H and O–H groups in total. The SMILES string of the molecule is COC(=O)C1=C(O)C2(CCCC2)c2c(-c3ccc(F)c(F)c3)ccn2C1=O. The van der Waals surface area contributed by atoms with Crippen LogP contribution in [0.5, 0.6) is 0 Å². The number of nitrogens with zero attached hydrogens (tertiary/aromatic N) is 1. The number of methoxy groups -OCH3 is 1. The molecule has 1 aliphatic heterocycles. The lowest BCUT2D eigenvalue weighted by Gasteiger charge is -2.35. The molecule has 1 fully saturated rings. The number of carbonyl (C=O) groups is 2. The number of aromatic nitrogens is 1. The summed E-state index contributed by atoms with van der Waals surface area (Å²) in [5.41, 5.74) is 0.123. The fourth-order valence-corrected chi connectivity index (χ4v) is 4.30. The molecule has 0 atom stereocenters. The summed E-state index contributed by atoms with van der Waals surface area (Å²) in [4.78, 5) is 25.0. The maximum Gasteiger partial charge on any atom is 0.347 e. The van der Waals surface area contributed by atoms with Crippen LogP contribution in [-0.2, 0) is 14.9 Å². The summed E-state index contributed by atoms with van der Waals surface area (Å²) in [6.07, 6.45) is 4.16. The Balaban J connectivity index is 1.98. The van der Waals surface area contributed by atoms with Gasteiger partial charge in [0, 0.05) is 17.5 Å². The van der Waals surface area contributed by atoms with Crippen molar-refractivity contribution in [3.05, 3.63) is 59.1 Å². The molecule has 4 rings (SSSR count). The van der Waals surface area contributed by atoms with E-state index in [0.29, 0.717) is 29.7 Å². The quantitative estimate of drug-likeness (QED) is 0.641. The van der Waals surface area contributed by atoms with Gasteiger partial charge in [0.25, 0.3) is 5.91 Å². The molecule has 7 heteroatoms. The van der Waals surface area contributed by atoms with Crippen molar-refractivity contribution in [1.82, 2.24) is 4.57 Å². The van der Waals surface area contributed by atoms with E-state index in [0.717, 1.165) is 32.1 Å². The number of fused-ring (bicyclic) bond motifs is 2. The van der Waals surface area contributed by atoms with Crippen LogP contribution in [0.15, 0.2) is 41.8 Å². The second kappa shape index (κ2) is 6.04. The smallest absolute Gasteiger partial charge is 0.347 e. The van der Waals surface area contributed by atoms with E-state index in [9.17, 15) is 23.5 Å². The van der Waals surface area contributed by atoms with Crippen molar-refractivity contribution in [3.8, 4) is 11.1 Å². The van der Waals surface area contributed by atoms with Crippen LogP contribution in [-0.4, -0.2) is 28.7 Å². The number of halogens is 2. The molecular formula is C20H17F2NO4. The zero-order valence-electron chi connectivity index (χ0n) is 14.6. The van der Waals surface area contributed by atoms with Gasteiger partial charge in [-0.25, -0.2) is 13.6 Å². The fourth-order valence-electron chi connectivity index (χ4n) is 4.30. The van der Waals surface area contributed by atoms with Gasteiger partial charge in [-0.1, -0.05) is 18.9 Å². The number of hydrogen-bond donors (Lipinski definition) is 1. The van der Waals surface area contributed by atoms with Crippen LogP contribution < -0.4 is 0 Å². The fraction of sp³-hybridized carbons (Fsp3) is 0.300. The summed E-state index contributed by atoms with van der Waals surface area (Å²) in [6.45, 7) is 0. The van der Waals surface area contributed by atoms with Crippen LogP contribution in [0.2, 0.25) is 0 Å². The number of rotatable bonds is 2. The number of aliphatic hydroxyl groups is 1. The third-order valence-electron chi connectivity index (χ3n) is 5.54. The van der Waals surface area contributed by atoms with Crippen LogP contribution in [0.3, 0.4) is 0 Å².